The van der Waals surface area contributed by atoms with Crippen LogP contribution < -0.4 is 9.46 Å². The van der Waals surface area contributed by atoms with Crippen LogP contribution in [0.1, 0.15) is 31.7 Å². The van der Waals surface area contributed by atoms with E-state index in [-0.39, 0.29) is 35.1 Å². The van der Waals surface area contributed by atoms with E-state index in [1.54, 1.807) is 0 Å². The van der Waals surface area contributed by atoms with Gasteiger partial charge in [-0.2, -0.15) is 0 Å². The Morgan fingerprint density at radius 1 is 1.42 bits per heavy atom. The van der Waals surface area contributed by atoms with Crippen LogP contribution in [0.4, 0.5) is 0 Å². The summed E-state index contributed by atoms with van der Waals surface area (Å²) in [7, 11) is -2.50. The highest BCUT2D eigenvalue weighted by molar-refractivity contribution is 7.89. The average Bonchev–Trinajstić information content (AvgIpc) is 2.49. The number of benzene rings is 1. The summed E-state index contributed by atoms with van der Waals surface area (Å²) < 4.78 is 33.3. The highest BCUT2D eigenvalue weighted by Crippen LogP contribution is 2.33. The van der Waals surface area contributed by atoms with Gasteiger partial charge >= 0.3 is 5.97 Å². The smallest absolute Gasteiger partial charge is 0.307 e. The molecule has 2 rings (SSSR count). The van der Waals surface area contributed by atoms with Crippen molar-refractivity contribution in [2.24, 2.45) is 5.92 Å². The Hall–Kier alpha value is -1.64. The van der Waals surface area contributed by atoms with E-state index >= 15 is 0 Å². The molecule has 3 N–H and O–H groups in total. The SMILES string of the molecule is CC[C@H](NS(=O)(=O)c1cc(CC(=O)O)ccc1OC)C1CC(O)C1. The first-order chi connectivity index (χ1) is 11.3. The van der Waals surface area contributed by atoms with E-state index in [0.717, 1.165) is 0 Å². The molecule has 1 atom stereocenters. The van der Waals surface area contributed by atoms with Gasteiger partial charge in [-0.15, -0.1) is 0 Å². The highest BCUT2D eigenvalue weighted by Gasteiger charge is 2.36. The minimum absolute atomic E-state index is 0.0675. The molecular weight excluding hydrogens is 334 g/mol. The lowest BCUT2D eigenvalue weighted by Gasteiger charge is -2.37. The van der Waals surface area contributed by atoms with E-state index < -0.39 is 16.0 Å². The summed E-state index contributed by atoms with van der Waals surface area (Å²) >= 11 is 0. The van der Waals surface area contributed by atoms with Gasteiger partial charge in [-0.1, -0.05) is 13.0 Å². The summed E-state index contributed by atoms with van der Waals surface area (Å²) in [6.45, 7) is 1.88. The van der Waals surface area contributed by atoms with Gasteiger partial charge in [-0.25, -0.2) is 13.1 Å². The number of ether oxygens (including phenoxy) is 1. The first-order valence-corrected chi connectivity index (χ1v) is 9.34. The van der Waals surface area contributed by atoms with E-state index in [4.69, 9.17) is 9.84 Å². The van der Waals surface area contributed by atoms with Gasteiger partial charge in [0.2, 0.25) is 10.0 Å². The van der Waals surface area contributed by atoms with Crippen LogP contribution >= 0.6 is 0 Å². The van der Waals surface area contributed by atoms with Gasteiger partial charge in [0.05, 0.1) is 19.6 Å². The normalized spacial score (nSPS) is 21.8. The zero-order chi connectivity index (χ0) is 17.9. The van der Waals surface area contributed by atoms with Crippen molar-refractivity contribution in [2.75, 3.05) is 7.11 Å². The molecule has 1 saturated carbocycles. The molecular formula is C16H23NO6S. The molecule has 1 fully saturated rings. The number of hydrogen-bond acceptors (Lipinski definition) is 5. The number of nitrogens with one attached hydrogen (secondary N) is 1. The maximum absolute atomic E-state index is 12.7. The third-order valence-corrected chi connectivity index (χ3v) is 5.85. The Labute approximate surface area is 141 Å². The van der Waals surface area contributed by atoms with E-state index in [2.05, 4.69) is 4.72 Å². The summed E-state index contributed by atoms with van der Waals surface area (Å²) in [6.07, 6.45) is 1.14. The molecule has 0 amide bonds. The Morgan fingerprint density at radius 2 is 2.08 bits per heavy atom. The van der Waals surface area contributed by atoms with Gasteiger partial charge in [0.15, 0.2) is 0 Å². The van der Waals surface area contributed by atoms with Crippen molar-refractivity contribution in [3.63, 3.8) is 0 Å². The van der Waals surface area contributed by atoms with Crippen LogP contribution in [-0.2, 0) is 21.2 Å². The second-order valence-corrected chi connectivity index (χ2v) is 7.76. The fraction of sp³-hybridized carbons (Fsp3) is 0.562. The zero-order valence-electron chi connectivity index (χ0n) is 13.7. The number of aliphatic carboxylic acids is 1. The minimum atomic E-state index is -3.86. The molecule has 0 bridgehead atoms. The molecule has 1 aromatic carbocycles. The number of carbonyl (C=O) groups is 1. The number of aliphatic hydroxyl groups is 1. The van der Waals surface area contributed by atoms with Crippen molar-refractivity contribution in [2.45, 2.75) is 49.6 Å². The Kier molecular flexibility index (Phi) is 5.84. The van der Waals surface area contributed by atoms with Gasteiger partial charge in [0.25, 0.3) is 0 Å². The number of rotatable bonds is 8. The third kappa shape index (κ3) is 4.25. The fourth-order valence-electron chi connectivity index (χ4n) is 2.95. The highest BCUT2D eigenvalue weighted by atomic mass is 32.2. The molecule has 7 nitrogen and oxygen atoms in total. The average molecular weight is 357 g/mol. The van der Waals surface area contributed by atoms with Crippen molar-refractivity contribution in [1.29, 1.82) is 0 Å². The van der Waals surface area contributed by atoms with Crippen LogP contribution in [0.15, 0.2) is 23.1 Å². The van der Waals surface area contributed by atoms with Crippen LogP contribution in [0, 0.1) is 5.92 Å². The van der Waals surface area contributed by atoms with Crippen molar-refractivity contribution in [1.82, 2.24) is 4.72 Å². The zero-order valence-corrected chi connectivity index (χ0v) is 14.5. The standard InChI is InChI=1S/C16H23NO6S/c1-3-13(11-8-12(18)9-11)17-24(21,22)15-6-10(7-16(19)20)4-5-14(15)23-2/h4-6,11-13,17-18H,3,7-9H2,1-2H3,(H,19,20)/t11?,12?,13-/m0/s1. The number of sulfonamides is 1. The topological polar surface area (TPSA) is 113 Å². The minimum Gasteiger partial charge on any atom is -0.495 e. The molecule has 0 spiro atoms. The predicted octanol–water partition coefficient (Wildman–Crippen LogP) is 1.15. The molecule has 8 heteroatoms. The van der Waals surface area contributed by atoms with Crippen molar-refractivity contribution in [3.8, 4) is 5.75 Å². The van der Waals surface area contributed by atoms with Gasteiger partial charge < -0.3 is 14.9 Å². The summed E-state index contributed by atoms with van der Waals surface area (Å²) in [4.78, 5) is 10.8. The molecule has 0 aromatic heterocycles. The molecule has 0 unspecified atom stereocenters. The van der Waals surface area contributed by atoms with Crippen LogP contribution in [0.25, 0.3) is 0 Å². The molecule has 1 aliphatic carbocycles. The van der Waals surface area contributed by atoms with Crippen LogP contribution in [-0.4, -0.2) is 43.9 Å². The van der Waals surface area contributed by atoms with Crippen LogP contribution in [0.5, 0.6) is 5.75 Å². The molecule has 0 radical (unpaired) electrons. The molecule has 0 aliphatic heterocycles. The second kappa shape index (κ2) is 7.50. The van der Waals surface area contributed by atoms with Crippen molar-refractivity contribution in [3.05, 3.63) is 23.8 Å². The predicted molar refractivity (Wildman–Crippen MR) is 87.5 cm³/mol. The summed E-state index contributed by atoms with van der Waals surface area (Å²) in [6, 6.07) is 4.05. The molecule has 0 heterocycles. The number of methoxy groups -OCH3 is 1. The first kappa shape index (κ1) is 18.7. The second-order valence-electron chi connectivity index (χ2n) is 6.08. The summed E-state index contributed by atoms with van der Waals surface area (Å²) in [5.74, 6) is -0.764. The largest absolute Gasteiger partial charge is 0.495 e. The maximum Gasteiger partial charge on any atom is 0.307 e. The summed E-state index contributed by atoms with van der Waals surface area (Å²) in [5, 5.41) is 18.3. The Morgan fingerprint density at radius 3 is 2.58 bits per heavy atom. The quantitative estimate of drug-likeness (QED) is 0.643. The van der Waals surface area contributed by atoms with Gasteiger partial charge in [-0.3, -0.25) is 4.79 Å². The van der Waals surface area contributed by atoms with E-state index in [9.17, 15) is 18.3 Å². The molecule has 24 heavy (non-hydrogen) atoms. The third-order valence-electron chi connectivity index (χ3n) is 4.34. The number of carboxylic acids is 1. The lowest BCUT2D eigenvalue weighted by Crippen LogP contribution is -2.46. The van der Waals surface area contributed by atoms with E-state index in [1.165, 1.54) is 25.3 Å². The van der Waals surface area contributed by atoms with Gasteiger partial charge in [0, 0.05) is 6.04 Å². The number of aliphatic hydroxyl groups excluding tert-OH is 1. The van der Waals surface area contributed by atoms with Crippen molar-refractivity contribution < 1.29 is 28.2 Å². The van der Waals surface area contributed by atoms with E-state index in [1.807, 2.05) is 6.92 Å². The fourth-order valence-corrected chi connectivity index (χ4v) is 4.56. The maximum atomic E-state index is 12.7. The van der Waals surface area contributed by atoms with Crippen LogP contribution in [0.3, 0.4) is 0 Å². The Balaban J connectivity index is 2.27. The van der Waals surface area contributed by atoms with Crippen molar-refractivity contribution >= 4 is 16.0 Å². The lowest BCUT2D eigenvalue weighted by atomic mass is 9.77. The molecule has 1 aliphatic rings. The van der Waals surface area contributed by atoms with Gasteiger partial charge in [-0.05, 0) is 42.9 Å². The van der Waals surface area contributed by atoms with Gasteiger partial charge in [0.1, 0.15) is 10.6 Å². The molecule has 0 saturated heterocycles. The molecule has 134 valence electrons. The summed E-state index contributed by atoms with van der Waals surface area (Å²) in [5.41, 5.74) is 0.385. The Bertz CT molecular complexity index is 697. The number of hydrogen-bond donors (Lipinski definition) is 3. The van der Waals surface area contributed by atoms with Crippen LogP contribution in [0.2, 0.25) is 0 Å². The number of carboxylic acid groups (broad SMARTS) is 1. The lowest BCUT2D eigenvalue weighted by molar-refractivity contribution is -0.136. The van der Waals surface area contributed by atoms with E-state index in [0.29, 0.717) is 24.8 Å². The molecule has 1 aromatic rings. The monoisotopic (exact) mass is 357 g/mol. The first-order valence-electron chi connectivity index (χ1n) is 7.86.